The summed E-state index contributed by atoms with van der Waals surface area (Å²) in [6.07, 6.45) is 0. The minimum absolute atomic E-state index is 0. The summed E-state index contributed by atoms with van der Waals surface area (Å²) >= 11 is 0. The van der Waals surface area contributed by atoms with Gasteiger partial charge in [0.15, 0.2) is 11.5 Å². The number of nitrogen functional groups attached to an aromatic ring is 1. The number of benzene rings is 2. The van der Waals surface area contributed by atoms with Crippen LogP contribution >= 0.6 is 24.8 Å². The van der Waals surface area contributed by atoms with Crippen molar-refractivity contribution in [3.63, 3.8) is 0 Å². The van der Waals surface area contributed by atoms with E-state index in [0.29, 0.717) is 42.6 Å². The second-order valence-electron chi connectivity index (χ2n) is 5.95. The van der Waals surface area contributed by atoms with Crippen molar-refractivity contribution in [2.75, 3.05) is 44.2 Å². The molecule has 0 aliphatic rings. The van der Waals surface area contributed by atoms with Crippen LogP contribution in [0, 0.1) is 5.41 Å². The minimum Gasteiger partial charge on any atom is -0.490 e. The van der Waals surface area contributed by atoms with Crippen LogP contribution in [0.25, 0.3) is 0 Å². The molecule has 0 fully saturated rings. The lowest BCUT2D eigenvalue weighted by Crippen LogP contribution is -2.34. The Hall–Kier alpha value is -2.88. The molecule has 0 aliphatic carbocycles. The standard InChI is InChI=1S/C20H27N5O4.2ClH/c1-3-28-18-12-16(8-9-17(18)29-11-10-27-2)24-25-19(26)13-23-15-6-4-14(5-7-15)20(21)22;;/h4-9,12,23-24H,3,10-11,13H2,1-2H3,(H3,21,22)(H,25,26);2*1H. The van der Waals surface area contributed by atoms with Gasteiger partial charge in [-0.05, 0) is 43.3 Å². The van der Waals surface area contributed by atoms with Gasteiger partial charge in [0.05, 0.1) is 25.4 Å². The van der Waals surface area contributed by atoms with Crippen LogP contribution in [-0.2, 0) is 9.53 Å². The highest BCUT2D eigenvalue weighted by Gasteiger charge is 2.08. The Kier molecular flexibility index (Phi) is 13.6. The molecule has 2 aromatic carbocycles. The number of amides is 1. The topological polar surface area (TPSA) is 131 Å². The van der Waals surface area contributed by atoms with Gasteiger partial charge in [-0.3, -0.25) is 21.1 Å². The van der Waals surface area contributed by atoms with E-state index in [1.807, 2.05) is 6.92 Å². The lowest BCUT2D eigenvalue weighted by Gasteiger charge is -2.15. The van der Waals surface area contributed by atoms with Crippen LogP contribution in [-0.4, -0.2) is 45.2 Å². The highest BCUT2D eigenvalue weighted by atomic mass is 35.5. The van der Waals surface area contributed by atoms with Crippen molar-refractivity contribution in [3.05, 3.63) is 48.0 Å². The zero-order valence-electron chi connectivity index (χ0n) is 17.4. The summed E-state index contributed by atoms with van der Waals surface area (Å²) in [5, 5.41) is 10.4. The lowest BCUT2D eigenvalue weighted by molar-refractivity contribution is -0.118. The molecule has 172 valence electrons. The summed E-state index contributed by atoms with van der Waals surface area (Å²) < 4.78 is 16.2. The summed E-state index contributed by atoms with van der Waals surface area (Å²) in [4.78, 5) is 12.1. The third-order valence-corrected chi connectivity index (χ3v) is 3.78. The molecule has 0 saturated heterocycles. The summed E-state index contributed by atoms with van der Waals surface area (Å²) in [6, 6.07) is 12.2. The Bertz CT molecular complexity index is 822. The number of hydrogen-bond acceptors (Lipinski definition) is 7. The monoisotopic (exact) mass is 473 g/mol. The highest BCUT2D eigenvalue weighted by molar-refractivity contribution is 5.95. The molecule has 1 amide bonds. The van der Waals surface area contributed by atoms with Gasteiger partial charge < -0.3 is 25.3 Å². The molecular formula is C20H29Cl2N5O4. The van der Waals surface area contributed by atoms with Crippen LogP contribution in [0.1, 0.15) is 12.5 Å². The molecule has 0 radical (unpaired) electrons. The van der Waals surface area contributed by atoms with E-state index >= 15 is 0 Å². The summed E-state index contributed by atoms with van der Waals surface area (Å²) in [5.41, 5.74) is 12.9. The number of nitrogens with one attached hydrogen (secondary N) is 4. The number of hydrogen-bond donors (Lipinski definition) is 5. The maximum absolute atomic E-state index is 12.1. The van der Waals surface area contributed by atoms with E-state index in [9.17, 15) is 4.79 Å². The third kappa shape index (κ3) is 9.65. The van der Waals surface area contributed by atoms with E-state index < -0.39 is 0 Å². The number of amidine groups is 1. The quantitative estimate of drug-likeness (QED) is 0.138. The zero-order chi connectivity index (χ0) is 21.1. The number of ether oxygens (including phenoxy) is 3. The van der Waals surface area contributed by atoms with Gasteiger partial charge in [-0.25, -0.2) is 0 Å². The summed E-state index contributed by atoms with van der Waals surface area (Å²) in [5.74, 6) is 0.932. The second kappa shape index (κ2) is 15.0. The van der Waals surface area contributed by atoms with E-state index in [1.54, 1.807) is 49.6 Å². The van der Waals surface area contributed by atoms with Crippen molar-refractivity contribution >= 4 is 47.9 Å². The molecule has 2 aromatic rings. The third-order valence-electron chi connectivity index (χ3n) is 3.78. The first-order valence-electron chi connectivity index (χ1n) is 9.15. The van der Waals surface area contributed by atoms with E-state index in [-0.39, 0.29) is 43.1 Å². The summed E-state index contributed by atoms with van der Waals surface area (Å²) in [6.45, 7) is 3.34. The molecule has 0 atom stereocenters. The van der Waals surface area contributed by atoms with E-state index in [0.717, 1.165) is 5.69 Å². The molecule has 0 aromatic heterocycles. The van der Waals surface area contributed by atoms with Gasteiger partial charge >= 0.3 is 0 Å². The molecule has 0 unspecified atom stereocenters. The zero-order valence-corrected chi connectivity index (χ0v) is 19.0. The normalized spacial score (nSPS) is 9.48. The van der Waals surface area contributed by atoms with Gasteiger partial charge in [0.1, 0.15) is 12.4 Å². The highest BCUT2D eigenvalue weighted by Crippen LogP contribution is 2.30. The molecule has 31 heavy (non-hydrogen) atoms. The van der Waals surface area contributed by atoms with Gasteiger partial charge in [-0.1, -0.05) is 0 Å². The first-order valence-corrected chi connectivity index (χ1v) is 9.15. The smallest absolute Gasteiger partial charge is 0.257 e. The van der Waals surface area contributed by atoms with E-state index in [1.165, 1.54) is 0 Å². The van der Waals surface area contributed by atoms with Gasteiger partial charge in [0.25, 0.3) is 5.91 Å². The van der Waals surface area contributed by atoms with Crippen LogP contribution in [0.15, 0.2) is 42.5 Å². The Morgan fingerprint density at radius 2 is 1.68 bits per heavy atom. The Balaban J connectivity index is 0.00000450. The van der Waals surface area contributed by atoms with Crippen LogP contribution in [0.4, 0.5) is 11.4 Å². The SMILES string of the molecule is CCOc1cc(NNC(=O)CNc2ccc(C(=N)N)cc2)ccc1OCCOC.Cl.Cl. The second-order valence-corrected chi connectivity index (χ2v) is 5.95. The van der Waals surface area contributed by atoms with Gasteiger partial charge in [0, 0.05) is 24.4 Å². The average Bonchev–Trinajstić information content (AvgIpc) is 2.72. The van der Waals surface area contributed by atoms with Crippen LogP contribution in [0.5, 0.6) is 11.5 Å². The number of nitrogens with two attached hydrogens (primary N) is 1. The van der Waals surface area contributed by atoms with Crippen molar-refractivity contribution in [2.24, 2.45) is 5.73 Å². The Labute approximate surface area is 194 Å². The molecule has 0 bridgehead atoms. The van der Waals surface area contributed by atoms with Gasteiger partial charge in [-0.2, -0.15) is 0 Å². The Morgan fingerprint density at radius 1 is 1.00 bits per heavy atom. The maximum Gasteiger partial charge on any atom is 0.257 e. The largest absolute Gasteiger partial charge is 0.490 e. The molecule has 0 spiro atoms. The first-order chi connectivity index (χ1) is 14.0. The van der Waals surface area contributed by atoms with Crippen molar-refractivity contribution in [3.8, 4) is 11.5 Å². The van der Waals surface area contributed by atoms with Crippen LogP contribution in [0.3, 0.4) is 0 Å². The average molecular weight is 474 g/mol. The van der Waals surface area contributed by atoms with Crippen LogP contribution < -0.4 is 31.4 Å². The first kappa shape index (κ1) is 28.1. The molecule has 6 N–H and O–H groups in total. The fourth-order valence-corrected chi connectivity index (χ4v) is 2.34. The van der Waals surface area contributed by atoms with Crippen molar-refractivity contribution in [2.45, 2.75) is 6.92 Å². The molecule has 11 heteroatoms. The molecule has 0 heterocycles. The summed E-state index contributed by atoms with van der Waals surface area (Å²) in [7, 11) is 1.61. The Morgan fingerprint density at radius 3 is 2.29 bits per heavy atom. The van der Waals surface area contributed by atoms with Gasteiger partial charge in [0.2, 0.25) is 0 Å². The van der Waals surface area contributed by atoms with Crippen molar-refractivity contribution < 1.29 is 19.0 Å². The number of halogens is 2. The number of carbonyl (C=O) groups is 1. The molecule has 0 saturated carbocycles. The van der Waals surface area contributed by atoms with E-state index in [2.05, 4.69) is 16.2 Å². The predicted molar refractivity (Wildman–Crippen MR) is 127 cm³/mol. The fourth-order valence-electron chi connectivity index (χ4n) is 2.34. The molecule has 2 rings (SSSR count). The van der Waals surface area contributed by atoms with E-state index in [4.69, 9.17) is 25.4 Å². The maximum atomic E-state index is 12.1. The van der Waals surface area contributed by atoms with Crippen molar-refractivity contribution in [1.82, 2.24) is 5.43 Å². The lowest BCUT2D eigenvalue weighted by atomic mass is 10.2. The molecule has 9 nitrogen and oxygen atoms in total. The number of anilines is 2. The minimum atomic E-state index is -0.251. The number of methoxy groups -OCH3 is 1. The number of rotatable bonds is 12. The fraction of sp³-hybridized carbons (Fsp3) is 0.300. The molecular weight excluding hydrogens is 445 g/mol. The van der Waals surface area contributed by atoms with Crippen LogP contribution in [0.2, 0.25) is 0 Å². The number of hydrazine groups is 1. The molecule has 0 aliphatic heterocycles. The van der Waals surface area contributed by atoms with Gasteiger partial charge in [-0.15, -0.1) is 24.8 Å². The number of carbonyl (C=O) groups excluding carboxylic acids is 1. The van der Waals surface area contributed by atoms with Crippen molar-refractivity contribution in [1.29, 1.82) is 5.41 Å². The predicted octanol–water partition coefficient (Wildman–Crippen LogP) is 2.79.